The van der Waals surface area contributed by atoms with E-state index in [1.165, 1.54) is 7.11 Å². The van der Waals surface area contributed by atoms with Crippen LogP contribution in [0.2, 0.25) is 0 Å². The van der Waals surface area contributed by atoms with Gasteiger partial charge in [0.1, 0.15) is 0 Å². The number of nitrogens with one attached hydrogen (secondary N) is 1. The molecule has 0 bridgehead atoms. The van der Waals surface area contributed by atoms with E-state index in [1.54, 1.807) is 11.8 Å². The molecule has 0 aromatic carbocycles. The number of carboxylic acid groups (broad SMARTS) is 1. The highest BCUT2D eigenvalue weighted by atomic mass is 32.2. The second-order valence-electron chi connectivity index (χ2n) is 5.40. The number of rotatable bonds is 7. The van der Waals surface area contributed by atoms with Crippen molar-refractivity contribution >= 4 is 23.7 Å². The minimum atomic E-state index is -0.748. The van der Waals surface area contributed by atoms with Gasteiger partial charge in [-0.05, 0) is 18.3 Å². The van der Waals surface area contributed by atoms with Crippen LogP contribution in [0.4, 0.5) is 0 Å². The molecule has 0 atom stereocenters. The predicted molar refractivity (Wildman–Crippen MR) is 68.6 cm³/mol. The predicted octanol–water partition coefficient (Wildman–Crippen LogP) is 0.880. The number of hydrogen-bond acceptors (Lipinski definition) is 5. The van der Waals surface area contributed by atoms with Crippen LogP contribution in [0, 0.1) is 5.41 Å². The molecule has 18 heavy (non-hydrogen) atoms. The lowest BCUT2D eigenvalue weighted by Crippen LogP contribution is -2.58. The van der Waals surface area contributed by atoms with Gasteiger partial charge in [-0.25, -0.2) is 0 Å². The van der Waals surface area contributed by atoms with Crippen molar-refractivity contribution in [2.75, 3.05) is 26.0 Å². The lowest BCUT2D eigenvalue weighted by Gasteiger charge is -2.41. The van der Waals surface area contributed by atoms with Gasteiger partial charge in [-0.1, -0.05) is 0 Å². The molecular formula is C12H19NO4S. The number of thioether (sulfide) groups is 1. The number of methoxy groups -OCH3 is 1. The third kappa shape index (κ3) is 3.17. The number of ether oxygens (including phenoxy) is 1. The van der Waals surface area contributed by atoms with Gasteiger partial charge >= 0.3 is 11.9 Å². The first-order chi connectivity index (χ1) is 8.49. The van der Waals surface area contributed by atoms with Crippen LogP contribution in [0.5, 0.6) is 0 Å². The van der Waals surface area contributed by atoms with Crippen LogP contribution >= 0.6 is 11.8 Å². The molecule has 6 heteroatoms. The van der Waals surface area contributed by atoms with Gasteiger partial charge in [-0.3, -0.25) is 9.59 Å². The molecule has 2 rings (SSSR count). The SMILES string of the molecule is COC(=O)CC1(CSC2(CC(=O)O)CNC2)CC1. The number of aliphatic carboxylic acids is 1. The zero-order valence-electron chi connectivity index (χ0n) is 10.5. The average Bonchev–Trinajstić information content (AvgIpc) is 3.02. The van der Waals surface area contributed by atoms with Crippen molar-refractivity contribution < 1.29 is 19.4 Å². The minimum absolute atomic E-state index is 0.0683. The van der Waals surface area contributed by atoms with Crippen molar-refractivity contribution in [2.45, 2.75) is 30.4 Å². The molecule has 0 spiro atoms. The average molecular weight is 273 g/mol. The summed E-state index contributed by atoms with van der Waals surface area (Å²) in [4.78, 5) is 22.2. The maximum atomic E-state index is 11.3. The minimum Gasteiger partial charge on any atom is -0.481 e. The van der Waals surface area contributed by atoms with E-state index in [0.717, 1.165) is 31.7 Å². The standard InChI is InChI=1S/C12H19NO4S/c1-17-10(16)5-11(2-3-11)8-18-12(4-9(14)15)6-13-7-12/h13H,2-8H2,1H3,(H,14,15). The van der Waals surface area contributed by atoms with Crippen molar-refractivity contribution in [3.05, 3.63) is 0 Å². The summed E-state index contributed by atoms with van der Waals surface area (Å²) in [5, 5.41) is 12.1. The molecule has 2 aliphatic rings. The number of hydrogen-bond donors (Lipinski definition) is 2. The maximum absolute atomic E-state index is 11.3. The Labute approximate surface area is 111 Å². The van der Waals surface area contributed by atoms with Crippen LogP contribution in [0.25, 0.3) is 0 Å². The van der Waals surface area contributed by atoms with Crippen molar-refractivity contribution in [2.24, 2.45) is 5.41 Å². The summed E-state index contributed by atoms with van der Waals surface area (Å²) in [7, 11) is 1.41. The van der Waals surface area contributed by atoms with Gasteiger partial charge < -0.3 is 15.2 Å². The van der Waals surface area contributed by atoms with Crippen LogP contribution in [0.15, 0.2) is 0 Å². The highest BCUT2D eigenvalue weighted by Crippen LogP contribution is 2.53. The Balaban J connectivity index is 1.83. The van der Waals surface area contributed by atoms with Gasteiger partial charge in [0.05, 0.1) is 24.7 Å². The highest BCUT2D eigenvalue weighted by molar-refractivity contribution is 8.00. The fourth-order valence-electron chi connectivity index (χ4n) is 2.19. The second kappa shape index (κ2) is 5.09. The summed E-state index contributed by atoms with van der Waals surface area (Å²) in [5.74, 6) is -0.0502. The van der Waals surface area contributed by atoms with Gasteiger partial charge in [0, 0.05) is 18.8 Å². The first kappa shape index (κ1) is 13.7. The van der Waals surface area contributed by atoms with E-state index >= 15 is 0 Å². The Kier molecular flexibility index (Phi) is 3.87. The van der Waals surface area contributed by atoms with E-state index in [0.29, 0.717) is 6.42 Å². The van der Waals surface area contributed by atoms with E-state index in [4.69, 9.17) is 9.84 Å². The van der Waals surface area contributed by atoms with Gasteiger partial charge in [-0.2, -0.15) is 11.8 Å². The molecular weight excluding hydrogens is 254 g/mol. The molecule has 0 aromatic rings. The van der Waals surface area contributed by atoms with Gasteiger partial charge in [0.2, 0.25) is 0 Å². The Morgan fingerprint density at radius 2 is 2.00 bits per heavy atom. The number of carboxylic acids is 1. The van der Waals surface area contributed by atoms with Crippen molar-refractivity contribution in [1.29, 1.82) is 0 Å². The topological polar surface area (TPSA) is 75.6 Å². The molecule has 5 nitrogen and oxygen atoms in total. The van der Waals surface area contributed by atoms with E-state index < -0.39 is 5.97 Å². The Morgan fingerprint density at radius 3 is 2.39 bits per heavy atom. The van der Waals surface area contributed by atoms with Crippen molar-refractivity contribution in [3.8, 4) is 0 Å². The number of carbonyl (C=O) groups excluding carboxylic acids is 1. The summed E-state index contributed by atoms with van der Waals surface area (Å²) in [6.45, 7) is 1.50. The fourth-order valence-corrected chi connectivity index (χ4v) is 3.83. The molecule has 2 N–H and O–H groups in total. The molecule has 102 valence electrons. The van der Waals surface area contributed by atoms with Crippen molar-refractivity contribution in [3.63, 3.8) is 0 Å². The third-order valence-corrected chi connectivity index (χ3v) is 5.56. The molecule has 1 aliphatic heterocycles. The summed E-state index contributed by atoms with van der Waals surface area (Å²) in [6.07, 6.45) is 2.75. The zero-order chi connectivity index (χ0) is 13.2. The number of carbonyl (C=O) groups is 2. The monoisotopic (exact) mass is 273 g/mol. The molecule has 0 unspecified atom stereocenters. The summed E-state index contributed by atoms with van der Waals surface area (Å²) in [5.41, 5.74) is 0.0683. The number of esters is 1. The molecule has 0 amide bonds. The van der Waals surface area contributed by atoms with E-state index in [1.807, 2.05) is 0 Å². The molecule has 0 aromatic heterocycles. The van der Waals surface area contributed by atoms with Crippen LogP contribution in [-0.4, -0.2) is 47.7 Å². The summed E-state index contributed by atoms with van der Waals surface area (Å²) < 4.78 is 4.54. The summed E-state index contributed by atoms with van der Waals surface area (Å²) >= 11 is 1.71. The van der Waals surface area contributed by atoms with Crippen LogP contribution in [-0.2, 0) is 14.3 Å². The molecule has 1 saturated heterocycles. The molecule has 1 heterocycles. The van der Waals surface area contributed by atoms with Crippen molar-refractivity contribution in [1.82, 2.24) is 5.32 Å². The van der Waals surface area contributed by atoms with Crippen LogP contribution < -0.4 is 5.32 Å². The first-order valence-electron chi connectivity index (χ1n) is 6.13. The van der Waals surface area contributed by atoms with E-state index in [9.17, 15) is 9.59 Å². The van der Waals surface area contributed by atoms with Gasteiger partial charge in [0.15, 0.2) is 0 Å². The van der Waals surface area contributed by atoms with Crippen LogP contribution in [0.3, 0.4) is 0 Å². The lowest BCUT2D eigenvalue weighted by molar-refractivity contribution is -0.142. The van der Waals surface area contributed by atoms with Gasteiger partial charge in [-0.15, -0.1) is 0 Å². The largest absolute Gasteiger partial charge is 0.481 e. The Bertz CT molecular complexity index is 350. The van der Waals surface area contributed by atoms with Gasteiger partial charge in [0.25, 0.3) is 0 Å². The quantitative estimate of drug-likeness (QED) is 0.671. The Hall–Kier alpha value is -0.750. The second-order valence-corrected chi connectivity index (χ2v) is 6.84. The first-order valence-corrected chi connectivity index (χ1v) is 7.11. The van der Waals surface area contributed by atoms with E-state index in [2.05, 4.69) is 5.32 Å². The molecule has 0 radical (unpaired) electrons. The molecule has 1 saturated carbocycles. The zero-order valence-corrected chi connectivity index (χ0v) is 11.3. The Morgan fingerprint density at radius 1 is 1.33 bits per heavy atom. The lowest BCUT2D eigenvalue weighted by atomic mass is 9.98. The summed E-state index contributed by atoms with van der Waals surface area (Å²) in [6, 6.07) is 0. The van der Waals surface area contributed by atoms with Crippen LogP contribution in [0.1, 0.15) is 25.7 Å². The molecule has 1 aliphatic carbocycles. The smallest absolute Gasteiger partial charge is 0.306 e. The van der Waals surface area contributed by atoms with E-state index in [-0.39, 0.29) is 22.6 Å². The fraction of sp³-hybridized carbons (Fsp3) is 0.833. The molecule has 2 fully saturated rings. The third-order valence-electron chi connectivity index (χ3n) is 3.76. The normalized spacial score (nSPS) is 22.9. The maximum Gasteiger partial charge on any atom is 0.306 e. The highest BCUT2D eigenvalue weighted by Gasteiger charge is 2.48.